The highest BCUT2D eigenvalue weighted by Gasteiger charge is 2.26. The number of rotatable bonds is 6. The fourth-order valence-corrected chi connectivity index (χ4v) is 4.21. The molecule has 168 valence electrons. The number of aromatic nitrogens is 2. The van der Waals surface area contributed by atoms with Crippen LogP contribution >= 0.6 is 0 Å². The summed E-state index contributed by atoms with van der Waals surface area (Å²) < 4.78 is 8.07. The first kappa shape index (κ1) is 22.1. The van der Waals surface area contributed by atoms with Crippen molar-refractivity contribution in [1.82, 2.24) is 19.6 Å². The summed E-state index contributed by atoms with van der Waals surface area (Å²) in [6.07, 6.45) is 1.75. The fourth-order valence-electron chi connectivity index (χ4n) is 4.21. The maximum absolute atomic E-state index is 12.7. The number of ether oxygens (including phenoxy) is 1. The van der Waals surface area contributed by atoms with E-state index in [1.165, 1.54) is 11.1 Å². The monoisotopic (exact) mass is 432 g/mol. The van der Waals surface area contributed by atoms with E-state index in [0.29, 0.717) is 18.8 Å². The molecule has 0 aliphatic carbocycles. The topological polar surface area (TPSA) is 50.6 Å². The van der Waals surface area contributed by atoms with Crippen molar-refractivity contribution < 1.29 is 9.53 Å². The predicted octanol–water partition coefficient (Wildman–Crippen LogP) is 4.14. The van der Waals surface area contributed by atoms with Gasteiger partial charge in [-0.2, -0.15) is 5.10 Å². The van der Waals surface area contributed by atoms with Crippen molar-refractivity contribution in [3.8, 4) is 16.9 Å². The highest BCUT2D eigenvalue weighted by atomic mass is 16.5. The molecule has 1 amide bonds. The quantitative estimate of drug-likeness (QED) is 0.587. The molecule has 3 aromatic rings. The van der Waals surface area contributed by atoms with Crippen LogP contribution in [0.15, 0.2) is 54.6 Å². The van der Waals surface area contributed by atoms with Gasteiger partial charge in [0.2, 0.25) is 0 Å². The molecule has 1 aliphatic rings. The molecule has 0 atom stereocenters. The van der Waals surface area contributed by atoms with Crippen molar-refractivity contribution in [2.75, 3.05) is 27.2 Å². The second kappa shape index (κ2) is 9.57. The molecule has 0 spiro atoms. The van der Waals surface area contributed by atoms with Gasteiger partial charge in [0.1, 0.15) is 11.9 Å². The van der Waals surface area contributed by atoms with Crippen molar-refractivity contribution in [3.05, 3.63) is 71.5 Å². The summed E-state index contributed by atoms with van der Waals surface area (Å²) in [6, 6.07) is 18.7. The standard InChI is InChI=1S/C26H32N4O2/c1-19-16-25(27-29(19)4)26(31)30-14-12-22(13-15-30)32-23-10-7-9-20(17-23)24-11-6-5-8-21(24)18-28(2)3/h5-11,16-17,22H,12-15,18H2,1-4H3. The van der Waals surface area contributed by atoms with Crippen molar-refractivity contribution in [3.63, 3.8) is 0 Å². The molecule has 1 fully saturated rings. The second-order valence-electron chi connectivity index (χ2n) is 8.83. The summed E-state index contributed by atoms with van der Waals surface area (Å²) in [7, 11) is 6.03. The number of likely N-dealkylation sites (tertiary alicyclic amines) is 1. The van der Waals surface area contributed by atoms with Crippen molar-refractivity contribution in [1.29, 1.82) is 0 Å². The Morgan fingerprint density at radius 1 is 1.09 bits per heavy atom. The molecular formula is C26H32N4O2. The lowest BCUT2D eigenvalue weighted by Crippen LogP contribution is -2.42. The van der Waals surface area contributed by atoms with Crippen molar-refractivity contribution >= 4 is 5.91 Å². The lowest BCUT2D eigenvalue weighted by atomic mass is 9.99. The molecule has 1 aromatic heterocycles. The van der Waals surface area contributed by atoms with E-state index < -0.39 is 0 Å². The van der Waals surface area contributed by atoms with Crippen LogP contribution in [0.1, 0.15) is 34.6 Å². The van der Waals surface area contributed by atoms with Gasteiger partial charge in [0.25, 0.3) is 5.91 Å². The Morgan fingerprint density at radius 3 is 2.53 bits per heavy atom. The Kier molecular flexibility index (Phi) is 6.61. The van der Waals surface area contributed by atoms with Gasteiger partial charge in [-0.15, -0.1) is 0 Å². The molecule has 0 N–H and O–H groups in total. The van der Waals surface area contributed by atoms with E-state index in [2.05, 4.69) is 66.6 Å². The van der Waals surface area contributed by atoms with Crippen LogP contribution in [0.5, 0.6) is 5.75 Å². The Labute approximate surface area is 190 Å². The van der Waals surface area contributed by atoms with Gasteiger partial charge in [0, 0.05) is 45.2 Å². The van der Waals surface area contributed by atoms with E-state index in [1.807, 2.05) is 31.0 Å². The first-order valence-electron chi connectivity index (χ1n) is 11.2. The summed E-state index contributed by atoms with van der Waals surface area (Å²) >= 11 is 0. The molecule has 6 nitrogen and oxygen atoms in total. The normalized spacial score (nSPS) is 14.7. The van der Waals surface area contributed by atoms with Crippen LogP contribution in [-0.4, -0.2) is 58.8 Å². The second-order valence-corrected chi connectivity index (χ2v) is 8.83. The van der Waals surface area contributed by atoms with E-state index in [0.717, 1.165) is 36.4 Å². The van der Waals surface area contributed by atoms with E-state index >= 15 is 0 Å². The zero-order valence-corrected chi connectivity index (χ0v) is 19.4. The van der Waals surface area contributed by atoms with E-state index in [1.54, 1.807) is 4.68 Å². The van der Waals surface area contributed by atoms with Gasteiger partial charge >= 0.3 is 0 Å². The highest BCUT2D eigenvalue weighted by molar-refractivity contribution is 5.92. The summed E-state index contributed by atoms with van der Waals surface area (Å²) in [5.74, 6) is 0.888. The predicted molar refractivity (Wildman–Crippen MR) is 127 cm³/mol. The number of benzene rings is 2. The largest absolute Gasteiger partial charge is 0.490 e. The summed E-state index contributed by atoms with van der Waals surface area (Å²) in [6.45, 7) is 4.22. The fraction of sp³-hybridized carbons (Fsp3) is 0.385. The van der Waals surface area contributed by atoms with Crippen LogP contribution in [0.4, 0.5) is 0 Å². The lowest BCUT2D eigenvalue weighted by Gasteiger charge is -2.31. The Hall–Kier alpha value is -3.12. The first-order chi connectivity index (χ1) is 15.4. The summed E-state index contributed by atoms with van der Waals surface area (Å²) in [5.41, 5.74) is 5.20. The number of nitrogens with zero attached hydrogens (tertiary/aromatic N) is 4. The lowest BCUT2D eigenvalue weighted by molar-refractivity contribution is 0.0589. The highest BCUT2D eigenvalue weighted by Crippen LogP contribution is 2.29. The third-order valence-electron chi connectivity index (χ3n) is 6.01. The zero-order valence-electron chi connectivity index (χ0n) is 19.4. The molecule has 1 aliphatic heterocycles. The van der Waals surface area contributed by atoms with Crippen LogP contribution in [0.3, 0.4) is 0 Å². The maximum atomic E-state index is 12.7. The van der Waals surface area contributed by atoms with Crippen LogP contribution in [-0.2, 0) is 13.6 Å². The number of aryl methyl sites for hydroxylation is 2. The molecule has 0 saturated carbocycles. The minimum Gasteiger partial charge on any atom is -0.490 e. The Morgan fingerprint density at radius 2 is 1.84 bits per heavy atom. The molecule has 1 saturated heterocycles. The van der Waals surface area contributed by atoms with Gasteiger partial charge in [0.15, 0.2) is 5.69 Å². The molecule has 0 radical (unpaired) electrons. The molecule has 2 heterocycles. The molecular weight excluding hydrogens is 400 g/mol. The van der Waals surface area contributed by atoms with Crippen molar-refractivity contribution in [2.45, 2.75) is 32.4 Å². The SMILES string of the molecule is Cc1cc(C(=O)N2CCC(Oc3cccc(-c4ccccc4CN(C)C)c3)CC2)nn1C. The number of hydrogen-bond acceptors (Lipinski definition) is 4. The van der Waals surface area contributed by atoms with Gasteiger partial charge in [-0.1, -0.05) is 36.4 Å². The zero-order chi connectivity index (χ0) is 22.7. The van der Waals surface area contributed by atoms with Crippen LogP contribution in [0.25, 0.3) is 11.1 Å². The third-order valence-corrected chi connectivity index (χ3v) is 6.01. The number of amides is 1. The van der Waals surface area contributed by atoms with Crippen molar-refractivity contribution in [2.24, 2.45) is 7.05 Å². The van der Waals surface area contributed by atoms with Gasteiger partial charge in [-0.05, 0) is 55.9 Å². The average Bonchev–Trinajstić information content (AvgIpc) is 3.12. The van der Waals surface area contributed by atoms with Gasteiger partial charge in [0.05, 0.1) is 0 Å². The molecule has 4 rings (SSSR count). The molecule has 6 heteroatoms. The number of carbonyl (C=O) groups is 1. The number of carbonyl (C=O) groups excluding carboxylic acids is 1. The molecule has 2 aromatic carbocycles. The maximum Gasteiger partial charge on any atom is 0.274 e. The minimum atomic E-state index is 0.00615. The molecule has 0 unspecified atom stereocenters. The first-order valence-corrected chi connectivity index (χ1v) is 11.2. The molecule has 0 bridgehead atoms. The van der Waals surface area contributed by atoms with E-state index in [4.69, 9.17) is 4.74 Å². The third kappa shape index (κ3) is 5.02. The van der Waals surface area contributed by atoms with E-state index in [-0.39, 0.29) is 12.0 Å². The van der Waals surface area contributed by atoms with E-state index in [9.17, 15) is 4.79 Å². The Balaban J connectivity index is 1.40. The van der Waals surface area contributed by atoms with Crippen LogP contribution in [0, 0.1) is 6.92 Å². The van der Waals surface area contributed by atoms with Gasteiger partial charge < -0.3 is 14.5 Å². The summed E-state index contributed by atoms with van der Waals surface area (Å²) in [4.78, 5) is 16.8. The molecule has 32 heavy (non-hydrogen) atoms. The average molecular weight is 433 g/mol. The van der Waals surface area contributed by atoms with Gasteiger partial charge in [-0.25, -0.2) is 0 Å². The summed E-state index contributed by atoms with van der Waals surface area (Å²) in [5, 5.41) is 4.33. The minimum absolute atomic E-state index is 0.00615. The van der Waals surface area contributed by atoms with Crippen LogP contribution < -0.4 is 4.74 Å². The van der Waals surface area contributed by atoms with Crippen LogP contribution in [0.2, 0.25) is 0 Å². The number of hydrogen-bond donors (Lipinski definition) is 0. The Bertz CT molecular complexity index is 1060. The number of piperidine rings is 1. The smallest absolute Gasteiger partial charge is 0.274 e. The van der Waals surface area contributed by atoms with Gasteiger partial charge in [-0.3, -0.25) is 9.48 Å².